The number of hydrogen-bond donors (Lipinski definition) is 2. The van der Waals surface area contributed by atoms with Gasteiger partial charge in [-0.3, -0.25) is 4.98 Å². The molecule has 2 aromatic carbocycles. The van der Waals surface area contributed by atoms with Crippen molar-refractivity contribution < 1.29 is 5.11 Å². The summed E-state index contributed by atoms with van der Waals surface area (Å²) in [6, 6.07) is 14.4. The summed E-state index contributed by atoms with van der Waals surface area (Å²) in [6.45, 7) is 13.6. The van der Waals surface area contributed by atoms with Crippen molar-refractivity contribution in [2.24, 2.45) is 0 Å². The fraction of sp³-hybridized carbons (Fsp3) is 0.375. The molecule has 3 heteroatoms. The zero-order chi connectivity index (χ0) is 19.8. The highest BCUT2D eigenvalue weighted by molar-refractivity contribution is 5.86. The van der Waals surface area contributed by atoms with Crippen LogP contribution in [0.15, 0.2) is 48.7 Å². The minimum Gasteiger partial charge on any atom is -0.507 e. The number of phenols is 1. The van der Waals surface area contributed by atoms with E-state index < -0.39 is 0 Å². The van der Waals surface area contributed by atoms with Crippen LogP contribution in [0.25, 0.3) is 22.0 Å². The molecular weight excluding hydrogens is 332 g/mol. The van der Waals surface area contributed by atoms with Crippen LogP contribution in [0, 0.1) is 0 Å². The number of aromatic hydroxyl groups is 1. The maximum Gasteiger partial charge on any atom is 0.127 e. The summed E-state index contributed by atoms with van der Waals surface area (Å²) in [7, 11) is 0. The van der Waals surface area contributed by atoms with Crippen molar-refractivity contribution in [2.45, 2.75) is 59.0 Å². The van der Waals surface area contributed by atoms with Crippen LogP contribution in [0.5, 0.6) is 5.75 Å². The predicted octanol–water partition coefficient (Wildman–Crippen LogP) is 5.79. The monoisotopic (exact) mass is 362 g/mol. The molecule has 0 bridgehead atoms. The van der Waals surface area contributed by atoms with Gasteiger partial charge in [0.25, 0.3) is 0 Å². The number of hydrogen-bond acceptors (Lipinski definition) is 3. The van der Waals surface area contributed by atoms with Gasteiger partial charge in [-0.05, 0) is 61.6 Å². The summed E-state index contributed by atoms with van der Waals surface area (Å²) in [5, 5.41) is 15.6. The number of benzene rings is 2. The maximum atomic E-state index is 11.0. The molecule has 3 aromatic rings. The van der Waals surface area contributed by atoms with Crippen molar-refractivity contribution in [1.29, 1.82) is 0 Å². The lowest BCUT2D eigenvalue weighted by atomic mass is 9.83. The lowest BCUT2D eigenvalue weighted by Gasteiger charge is -2.25. The topological polar surface area (TPSA) is 45.2 Å². The van der Waals surface area contributed by atoms with E-state index in [1.807, 2.05) is 18.2 Å². The van der Waals surface area contributed by atoms with Crippen LogP contribution in [-0.4, -0.2) is 15.6 Å². The van der Waals surface area contributed by atoms with E-state index in [4.69, 9.17) is 0 Å². The number of nitrogens with zero attached hydrogens (tertiary/aromatic N) is 1. The van der Waals surface area contributed by atoms with Gasteiger partial charge in [0, 0.05) is 34.8 Å². The molecular formula is C24H30N2O. The number of nitrogens with one attached hydrogen (secondary N) is 1. The van der Waals surface area contributed by atoms with Crippen LogP contribution in [-0.2, 0) is 12.0 Å². The molecule has 27 heavy (non-hydrogen) atoms. The molecule has 3 nitrogen and oxygen atoms in total. The molecule has 0 saturated carbocycles. The standard InChI is InChI=1S/C24H30N2O/c1-23(2,3)19-13-18(15-26-24(4,5)6)22(27)20(14-19)16-9-10-21-17(12-16)8-7-11-25-21/h7-14,26-27H,15H2,1-6H3. The van der Waals surface area contributed by atoms with Gasteiger partial charge < -0.3 is 10.4 Å². The minimum atomic E-state index is -0.0149. The van der Waals surface area contributed by atoms with Crippen molar-refractivity contribution >= 4 is 10.9 Å². The lowest BCUT2D eigenvalue weighted by molar-refractivity contribution is 0.411. The third kappa shape index (κ3) is 4.48. The van der Waals surface area contributed by atoms with Crippen molar-refractivity contribution in [3.63, 3.8) is 0 Å². The highest BCUT2D eigenvalue weighted by Crippen LogP contribution is 2.38. The van der Waals surface area contributed by atoms with Gasteiger partial charge in [0.2, 0.25) is 0 Å². The second kappa shape index (κ2) is 6.97. The van der Waals surface area contributed by atoms with E-state index in [9.17, 15) is 5.11 Å². The van der Waals surface area contributed by atoms with Gasteiger partial charge in [0.1, 0.15) is 5.75 Å². The van der Waals surface area contributed by atoms with E-state index in [0.717, 1.165) is 27.6 Å². The van der Waals surface area contributed by atoms with E-state index in [0.29, 0.717) is 12.3 Å². The number of rotatable bonds is 3. The van der Waals surface area contributed by atoms with E-state index >= 15 is 0 Å². The SMILES string of the molecule is CC(C)(C)NCc1cc(C(C)(C)C)cc(-c2ccc3ncccc3c2)c1O. The van der Waals surface area contributed by atoms with Gasteiger partial charge in [-0.1, -0.05) is 39.0 Å². The Labute approximate surface area is 162 Å². The molecule has 1 heterocycles. The number of aromatic nitrogens is 1. The van der Waals surface area contributed by atoms with Crippen LogP contribution < -0.4 is 5.32 Å². The summed E-state index contributed by atoms with van der Waals surface area (Å²) in [5.74, 6) is 0.350. The molecule has 0 amide bonds. The molecule has 0 atom stereocenters. The summed E-state index contributed by atoms with van der Waals surface area (Å²) in [4.78, 5) is 4.40. The molecule has 0 aliphatic carbocycles. The fourth-order valence-corrected chi connectivity index (χ4v) is 3.09. The third-order valence-electron chi connectivity index (χ3n) is 4.78. The van der Waals surface area contributed by atoms with Gasteiger partial charge >= 0.3 is 0 Å². The van der Waals surface area contributed by atoms with Crippen molar-refractivity contribution in [2.75, 3.05) is 0 Å². The first-order valence-electron chi connectivity index (χ1n) is 9.51. The molecule has 0 radical (unpaired) electrons. The Balaban J connectivity index is 2.14. The summed E-state index contributed by atoms with van der Waals surface area (Å²) in [6.07, 6.45) is 1.80. The van der Waals surface area contributed by atoms with E-state index in [1.165, 1.54) is 5.56 Å². The van der Waals surface area contributed by atoms with Gasteiger partial charge in [-0.2, -0.15) is 0 Å². The van der Waals surface area contributed by atoms with Crippen molar-refractivity contribution in [1.82, 2.24) is 10.3 Å². The molecule has 0 saturated heterocycles. The first-order chi connectivity index (χ1) is 12.5. The van der Waals surface area contributed by atoms with E-state index in [-0.39, 0.29) is 11.0 Å². The fourth-order valence-electron chi connectivity index (χ4n) is 3.09. The number of phenolic OH excluding ortho intramolecular Hbond substituents is 1. The maximum absolute atomic E-state index is 11.0. The van der Waals surface area contributed by atoms with Crippen LogP contribution in [0.2, 0.25) is 0 Å². The third-order valence-corrected chi connectivity index (χ3v) is 4.78. The van der Waals surface area contributed by atoms with Crippen LogP contribution in [0.3, 0.4) is 0 Å². The molecule has 142 valence electrons. The Hall–Kier alpha value is -2.39. The molecule has 0 aliphatic rings. The average molecular weight is 363 g/mol. The van der Waals surface area contributed by atoms with Crippen LogP contribution in [0.4, 0.5) is 0 Å². The zero-order valence-corrected chi connectivity index (χ0v) is 17.2. The van der Waals surface area contributed by atoms with E-state index in [2.05, 4.69) is 76.1 Å². The van der Waals surface area contributed by atoms with Gasteiger partial charge in [0.15, 0.2) is 0 Å². The van der Waals surface area contributed by atoms with Crippen molar-refractivity contribution in [3.8, 4) is 16.9 Å². The summed E-state index contributed by atoms with van der Waals surface area (Å²) in [5.41, 5.74) is 4.97. The van der Waals surface area contributed by atoms with Crippen LogP contribution in [0.1, 0.15) is 52.7 Å². The quantitative estimate of drug-likeness (QED) is 0.619. The molecule has 0 fully saturated rings. The Morgan fingerprint density at radius 3 is 2.37 bits per heavy atom. The first kappa shape index (κ1) is 19.4. The highest BCUT2D eigenvalue weighted by atomic mass is 16.3. The second-order valence-corrected chi connectivity index (χ2v) is 9.30. The Kier molecular flexibility index (Phi) is 5.00. The Morgan fingerprint density at radius 2 is 1.70 bits per heavy atom. The highest BCUT2D eigenvalue weighted by Gasteiger charge is 2.20. The summed E-state index contributed by atoms with van der Waals surface area (Å²) >= 11 is 0. The first-order valence-corrected chi connectivity index (χ1v) is 9.51. The molecule has 0 spiro atoms. The zero-order valence-electron chi connectivity index (χ0n) is 17.2. The van der Waals surface area contributed by atoms with E-state index in [1.54, 1.807) is 6.20 Å². The Morgan fingerprint density at radius 1 is 0.963 bits per heavy atom. The Bertz CT molecular complexity index is 962. The average Bonchev–Trinajstić information content (AvgIpc) is 2.58. The number of fused-ring (bicyclic) bond motifs is 1. The molecule has 1 aromatic heterocycles. The molecule has 0 aliphatic heterocycles. The van der Waals surface area contributed by atoms with Crippen LogP contribution >= 0.6 is 0 Å². The predicted molar refractivity (Wildman–Crippen MR) is 114 cm³/mol. The normalized spacial score (nSPS) is 12.5. The summed E-state index contributed by atoms with van der Waals surface area (Å²) < 4.78 is 0. The molecule has 3 rings (SSSR count). The molecule has 2 N–H and O–H groups in total. The van der Waals surface area contributed by atoms with Gasteiger partial charge in [-0.25, -0.2) is 0 Å². The van der Waals surface area contributed by atoms with Crippen molar-refractivity contribution in [3.05, 3.63) is 59.8 Å². The smallest absolute Gasteiger partial charge is 0.127 e. The minimum absolute atomic E-state index is 0.00264. The lowest BCUT2D eigenvalue weighted by Crippen LogP contribution is -2.35. The van der Waals surface area contributed by atoms with Gasteiger partial charge in [0.05, 0.1) is 5.52 Å². The largest absolute Gasteiger partial charge is 0.507 e. The van der Waals surface area contributed by atoms with Gasteiger partial charge in [-0.15, -0.1) is 0 Å². The number of pyridine rings is 1. The second-order valence-electron chi connectivity index (χ2n) is 9.30. The molecule has 0 unspecified atom stereocenters.